The van der Waals surface area contributed by atoms with Crippen molar-refractivity contribution in [2.75, 3.05) is 23.3 Å². The number of aryl methyl sites for hydroxylation is 1. The molecule has 2 aromatic heterocycles. The fourth-order valence-corrected chi connectivity index (χ4v) is 4.62. The topological polar surface area (TPSA) is 79.2 Å². The first-order valence-electron chi connectivity index (χ1n) is 10.3. The normalized spacial score (nSPS) is 28.5. The van der Waals surface area contributed by atoms with Crippen LogP contribution < -0.4 is 10.2 Å². The van der Waals surface area contributed by atoms with Gasteiger partial charge in [-0.15, -0.1) is 0 Å². The minimum absolute atomic E-state index is 0.272. The lowest BCUT2D eigenvalue weighted by molar-refractivity contribution is -0.136. The number of aromatic nitrogens is 4. The maximum atomic E-state index is 12.8. The Balaban J connectivity index is 1.29. The van der Waals surface area contributed by atoms with E-state index in [0.717, 1.165) is 50.4 Å². The molecule has 0 unspecified atom stereocenters. The molecule has 3 aliphatic rings. The zero-order valence-electron chi connectivity index (χ0n) is 16.5. The van der Waals surface area contributed by atoms with E-state index >= 15 is 0 Å². The van der Waals surface area contributed by atoms with Crippen molar-refractivity contribution >= 4 is 23.4 Å². The van der Waals surface area contributed by atoms with Gasteiger partial charge in [-0.2, -0.15) is 10.1 Å². The number of carbonyl (C=O) groups is 1. The highest BCUT2D eigenvalue weighted by molar-refractivity contribution is 5.83. The minimum Gasteiger partial charge on any atom is -0.352 e. The molecule has 1 saturated carbocycles. The molecule has 0 radical (unpaired) electrons. The molecular formula is C20H27N7O. The third kappa shape index (κ3) is 3.10. The second kappa shape index (κ2) is 6.76. The Hall–Kier alpha value is -2.64. The summed E-state index contributed by atoms with van der Waals surface area (Å²) in [7, 11) is 0. The Morgan fingerprint density at radius 3 is 2.68 bits per heavy atom. The highest BCUT2D eigenvalue weighted by Crippen LogP contribution is 2.43. The van der Waals surface area contributed by atoms with Crippen molar-refractivity contribution in [1.29, 1.82) is 0 Å². The molecule has 2 bridgehead atoms. The SMILES string of the molecule is CCn1cc(Nc2nccc(N3C[C@H]4CC[C@@H](C3)N4C(=O)[C@@H]3C[C@H]3C)n2)cn1. The number of rotatable bonds is 5. The van der Waals surface area contributed by atoms with Gasteiger partial charge in [0.05, 0.1) is 11.9 Å². The highest BCUT2D eigenvalue weighted by atomic mass is 16.2. The molecule has 0 aromatic carbocycles. The lowest BCUT2D eigenvalue weighted by Gasteiger charge is -2.41. The molecule has 2 saturated heterocycles. The first-order chi connectivity index (χ1) is 13.6. The largest absolute Gasteiger partial charge is 0.352 e. The second-order valence-electron chi connectivity index (χ2n) is 8.30. The second-order valence-corrected chi connectivity index (χ2v) is 8.30. The maximum absolute atomic E-state index is 12.8. The molecule has 1 amide bonds. The Bertz CT molecular complexity index is 867. The molecular weight excluding hydrogens is 354 g/mol. The molecule has 4 heterocycles. The first kappa shape index (κ1) is 17.5. The van der Waals surface area contributed by atoms with Crippen LogP contribution in [0.4, 0.5) is 17.5 Å². The molecule has 4 atom stereocenters. The summed E-state index contributed by atoms with van der Waals surface area (Å²) in [6.45, 7) is 6.77. The fraction of sp³-hybridized carbons (Fsp3) is 0.600. The summed E-state index contributed by atoms with van der Waals surface area (Å²) in [5.74, 6) is 2.72. The molecule has 8 heteroatoms. The number of hydrogen-bond acceptors (Lipinski definition) is 6. The molecule has 1 aliphatic carbocycles. The molecule has 8 nitrogen and oxygen atoms in total. The predicted molar refractivity (Wildman–Crippen MR) is 106 cm³/mol. The average molecular weight is 381 g/mol. The summed E-state index contributed by atoms with van der Waals surface area (Å²) in [6, 6.07) is 2.59. The summed E-state index contributed by atoms with van der Waals surface area (Å²) in [5.41, 5.74) is 0.882. The van der Waals surface area contributed by atoms with Crippen molar-refractivity contribution in [3.63, 3.8) is 0 Å². The van der Waals surface area contributed by atoms with Gasteiger partial charge in [-0.05, 0) is 38.2 Å². The summed E-state index contributed by atoms with van der Waals surface area (Å²) in [5, 5.41) is 7.51. The van der Waals surface area contributed by atoms with Gasteiger partial charge in [0.15, 0.2) is 0 Å². The third-order valence-corrected chi connectivity index (χ3v) is 6.34. The van der Waals surface area contributed by atoms with E-state index in [4.69, 9.17) is 4.98 Å². The lowest BCUT2D eigenvalue weighted by atomic mass is 10.1. The molecule has 148 valence electrons. The van der Waals surface area contributed by atoms with E-state index in [1.165, 1.54) is 0 Å². The van der Waals surface area contributed by atoms with Crippen LogP contribution in [0.3, 0.4) is 0 Å². The van der Waals surface area contributed by atoms with E-state index in [2.05, 4.69) is 39.0 Å². The van der Waals surface area contributed by atoms with Gasteiger partial charge in [0.25, 0.3) is 0 Å². The van der Waals surface area contributed by atoms with Crippen molar-refractivity contribution in [2.45, 2.75) is 51.7 Å². The minimum atomic E-state index is 0.272. The quantitative estimate of drug-likeness (QED) is 0.856. The Morgan fingerprint density at radius 2 is 2.04 bits per heavy atom. The van der Waals surface area contributed by atoms with Crippen LogP contribution in [0.15, 0.2) is 24.7 Å². The maximum Gasteiger partial charge on any atom is 0.229 e. The number of anilines is 3. The van der Waals surface area contributed by atoms with Crippen LogP contribution in [0, 0.1) is 11.8 Å². The Labute approximate surface area is 164 Å². The van der Waals surface area contributed by atoms with Crippen LogP contribution >= 0.6 is 0 Å². The summed E-state index contributed by atoms with van der Waals surface area (Å²) in [4.78, 5) is 26.4. The number of nitrogens with one attached hydrogen (secondary N) is 1. The van der Waals surface area contributed by atoms with Crippen molar-refractivity contribution in [2.24, 2.45) is 11.8 Å². The van der Waals surface area contributed by atoms with E-state index in [1.54, 1.807) is 12.4 Å². The number of amides is 1. The van der Waals surface area contributed by atoms with Crippen molar-refractivity contribution in [3.05, 3.63) is 24.7 Å². The van der Waals surface area contributed by atoms with Gasteiger partial charge in [-0.1, -0.05) is 6.92 Å². The number of carbonyl (C=O) groups excluding carboxylic acids is 1. The van der Waals surface area contributed by atoms with Gasteiger partial charge in [0.2, 0.25) is 11.9 Å². The van der Waals surface area contributed by atoms with Crippen molar-refractivity contribution in [1.82, 2.24) is 24.6 Å². The van der Waals surface area contributed by atoms with Gasteiger partial charge in [0.1, 0.15) is 5.82 Å². The number of fused-ring (bicyclic) bond motifs is 2. The van der Waals surface area contributed by atoms with E-state index in [-0.39, 0.29) is 5.92 Å². The van der Waals surface area contributed by atoms with E-state index in [0.29, 0.717) is 29.9 Å². The smallest absolute Gasteiger partial charge is 0.229 e. The summed E-state index contributed by atoms with van der Waals surface area (Å²) < 4.78 is 1.86. The van der Waals surface area contributed by atoms with Crippen LogP contribution in [-0.4, -0.2) is 55.7 Å². The van der Waals surface area contributed by atoms with Gasteiger partial charge in [0, 0.05) is 50.0 Å². The first-order valence-corrected chi connectivity index (χ1v) is 10.3. The molecule has 1 N–H and O–H groups in total. The molecule has 28 heavy (non-hydrogen) atoms. The molecule has 2 aromatic rings. The predicted octanol–water partition coefficient (Wildman–Crippen LogP) is 2.27. The number of piperazine rings is 1. The van der Waals surface area contributed by atoms with E-state index < -0.39 is 0 Å². The van der Waals surface area contributed by atoms with Crippen LogP contribution in [-0.2, 0) is 11.3 Å². The summed E-state index contributed by atoms with van der Waals surface area (Å²) >= 11 is 0. The van der Waals surface area contributed by atoms with E-state index in [1.807, 2.05) is 16.9 Å². The monoisotopic (exact) mass is 381 g/mol. The third-order valence-electron chi connectivity index (χ3n) is 6.34. The van der Waals surface area contributed by atoms with Crippen LogP contribution in [0.2, 0.25) is 0 Å². The lowest BCUT2D eigenvalue weighted by Crippen LogP contribution is -2.56. The molecule has 5 rings (SSSR count). The molecule has 2 aliphatic heterocycles. The molecule has 3 fully saturated rings. The summed E-state index contributed by atoms with van der Waals surface area (Å²) in [6.07, 6.45) is 8.78. The van der Waals surface area contributed by atoms with Gasteiger partial charge < -0.3 is 15.1 Å². The van der Waals surface area contributed by atoms with Gasteiger partial charge in [-0.3, -0.25) is 9.48 Å². The van der Waals surface area contributed by atoms with Gasteiger partial charge in [-0.25, -0.2) is 4.98 Å². The zero-order valence-corrected chi connectivity index (χ0v) is 16.5. The van der Waals surface area contributed by atoms with Crippen LogP contribution in [0.5, 0.6) is 0 Å². The Morgan fingerprint density at radius 1 is 1.29 bits per heavy atom. The standard InChI is InChI=1S/C20H27N7O/c1-3-26-10-14(9-22-26)23-20-21-7-6-18(24-20)25-11-15-4-5-16(12-25)27(15)19(28)17-8-13(17)2/h6-7,9-10,13,15-17H,3-5,8,11-12H2,1-2H3,(H,21,23,24)/t13-,15-,16+,17-/m1/s1. The zero-order chi connectivity index (χ0) is 19.3. The van der Waals surface area contributed by atoms with Crippen LogP contribution in [0.1, 0.15) is 33.1 Å². The van der Waals surface area contributed by atoms with Crippen LogP contribution in [0.25, 0.3) is 0 Å². The highest BCUT2D eigenvalue weighted by Gasteiger charge is 2.49. The van der Waals surface area contributed by atoms with Crippen molar-refractivity contribution < 1.29 is 4.79 Å². The molecule has 0 spiro atoms. The van der Waals surface area contributed by atoms with E-state index in [9.17, 15) is 4.79 Å². The number of nitrogens with zero attached hydrogens (tertiary/aromatic N) is 6. The average Bonchev–Trinajstić information content (AvgIpc) is 3.16. The number of hydrogen-bond donors (Lipinski definition) is 1. The fourth-order valence-electron chi connectivity index (χ4n) is 4.62. The van der Waals surface area contributed by atoms with Gasteiger partial charge >= 0.3 is 0 Å². The Kier molecular flexibility index (Phi) is 4.21. The van der Waals surface area contributed by atoms with Crippen molar-refractivity contribution in [3.8, 4) is 0 Å².